The van der Waals surface area contributed by atoms with Gasteiger partial charge in [0.1, 0.15) is 23.1 Å². The summed E-state index contributed by atoms with van der Waals surface area (Å²) in [5, 5.41) is 3.21. The summed E-state index contributed by atoms with van der Waals surface area (Å²) in [6.45, 7) is 4.46. The van der Waals surface area contributed by atoms with Gasteiger partial charge in [-0.25, -0.2) is 4.39 Å². The van der Waals surface area contributed by atoms with E-state index < -0.39 is 0 Å². The zero-order valence-corrected chi connectivity index (χ0v) is 12.5. The van der Waals surface area contributed by atoms with Gasteiger partial charge in [0, 0.05) is 18.2 Å². The van der Waals surface area contributed by atoms with Crippen molar-refractivity contribution in [2.75, 3.05) is 7.11 Å². The molecule has 0 aliphatic carbocycles. The van der Waals surface area contributed by atoms with E-state index in [1.807, 2.05) is 13.8 Å². The molecule has 0 atom stereocenters. The third kappa shape index (κ3) is 4.20. The Labute approximate surface area is 124 Å². The van der Waals surface area contributed by atoms with Crippen molar-refractivity contribution >= 4 is 0 Å². The first kappa shape index (κ1) is 15.3. The van der Waals surface area contributed by atoms with E-state index in [0.29, 0.717) is 23.6 Å². The van der Waals surface area contributed by atoms with Crippen LogP contribution >= 0.6 is 0 Å². The second-order valence-corrected chi connectivity index (χ2v) is 5.03. The highest BCUT2D eigenvalue weighted by Crippen LogP contribution is 2.28. The Morgan fingerprint density at radius 2 is 1.71 bits per heavy atom. The van der Waals surface area contributed by atoms with E-state index >= 15 is 0 Å². The molecule has 0 aliphatic rings. The fraction of sp³-hybridized carbons (Fsp3) is 0.294. The van der Waals surface area contributed by atoms with Crippen molar-refractivity contribution in [2.24, 2.45) is 0 Å². The van der Waals surface area contributed by atoms with Crippen LogP contribution in [0.15, 0.2) is 42.5 Å². The van der Waals surface area contributed by atoms with Crippen LogP contribution in [0, 0.1) is 5.82 Å². The maximum absolute atomic E-state index is 14.0. The number of hydrogen-bond acceptors (Lipinski definition) is 3. The SMILES string of the molecule is COc1ccc(Oc2cccc(F)c2CNC(C)C)cc1. The van der Waals surface area contributed by atoms with Crippen molar-refractivity contribution in [3.05, 3.63) is 53.8 Å². The van der Waals surface area contributed by atoms with Gasteiger partial charge in [-0.3, -0.25) is 0 Å². The molecule has 4 heteroatoms. The third-order valence-electron chi connectivity index (χ3n) is 3.05. The van der Waals surface area contributed by atoms with Gasteiger partial charge in [0.25, 0.3) is 0 Å². The lowest BCUT2D eigenvalue weighted by Gasteiger charge is -2.14. The minimum Gasteiger partial charge on any atom is -0.497 e. The van der Waals surface area contributed by atoms with Crippen molar-refractivity contribution in [1.29, 1.82) is 0 Å². The van der Waals surface area contributed by atoms with Crippen molar-refractivity contribution in [3.8, 4) is 17.2 Å². The average Bonchev–Trinajstić information content (AvgIpc) is 2.47. The summed E-state index contributed by atoms with van der Waals surface area (Å²) in [5.74, 6) is 1.65. The lowest BCUT2D eigenvalue weighted by Crippen LogP contribution is -2.22. The molecule has 0 bridgehead atoms. The Balaban J connectivity index is 2.19. The van der Waals surface area contributed by atoms with Gasteiger partial charge in [-0.2, -0.15) is 0 Å². The summed E-state index contributed by atoms with van der Waals surface area (Å²) in [7, 11) is 1.61. The number of ether oxygens (including phenoxy) is 2. The normalized spacial score (nSPS) is 10.7. The number of halogens is 1. The highest BCUT2D eigenvalue weighted by atomic mass is 19.1. The van der Waals surface area contributed by atoms with Gasteiger partial charge in [-0.15, -0.1) is 0 Å². The van der Waals surface area contributed by atoms with Crippen molar-refractivity contribution < 1.29 is 13.9 Å². The second kappa shape index (κ2) is 7.09. The Hall–Kier alpha value is -2.07. The molecule has 2 rings (SSSR count). The fourth-order valence-corrected chi connectivity index (χ4v) is 1.88. The molecule has 0 saturated carbocycles. The van der Waals surface area contributed by atoms with Crippen molar-refractivity contribution in [1.82, 2.24) is 5.32 Å². The molecule has 0 aliphatic heterocycles. The summed E-state index contributed by atoms with van der Waals surface area (Å²) >= 11 is 0. The van der Waals surface area contributed by atoms with Gasteiger partial charge in [-0.1, -0.05) is 19.9 Å². The lowest BCUT2D eigenvalue weighted by molar-refractivity contribution is 0.412. The lowest BCUT2D eigenvalue weighted by atomic mass is 10.1. The number of methoxy groups -OCH3 is 1. The standard InChI is InChI=1S/C17H20FNO2/c1-12(2)19-11-15-16(18)5-4-6-17(15)21-14-9-7-13(20-3)8-10-14/h4-10,12,19H,11H2,1-3H3. The molecule has 3 nitrogen and oxygen atoms in total. The van der Waals surface area contributed by atoms with Crippen LogP contribution in [0.25, 0.3) is 0 Å². The van der Waals surface area contributed by atoms with Gasteiger partial charge >= 0.3 is 0 Å². The molecule has 0 spiro atoms. The number of benzene rings is 2. The topological polar surface area (TPSA) is 30.5 Å². The predicted octanol–water partition coefficient (Wildman–Crippen LogP) is 4.12. The second-order valence-electron chi connectivity index (χ2n) is 5.03. The zero-order valence-electron chi connectivity index (χ0n) is 12.5. The van der Waals surface area contributed by atoms with E-state index in [1.165, 1.54) is 6.07 Å². The summed E-state index contributed by atoms with van der Waals surface area (Å²) in [6, 6.07) is 12.3. The van der Waals surface area contributed by atoms with Crippen LogP contribution in [0.4, 0.5) is 4.39 Å². The van der Waals surface area contributed by atoms with Crippen LogP contribution < -0.4 is 14.8 Å². The van der Waals surface area contributed by atoms with Crippen molar-refractivity contribution in [3.63, 3.8) is 0 Å². The molecule has 0 fully saturated rings. The number of nitrogens with one attached hydrogen (secondary N) is 1. The molecule has 21 heavy (non-hydrogen) atoms. The van der Waals surface area contributed by atoms with Gasteiger partial charge in [0.05, 0.1) is 7.11 Å². The molecule has 0 amide bonds. The molecule has 0 radical (unpaired) electrons. The molecule has 112 valence electrons. The molecule has 0 saturated heterocycles. The predicted molar refractivity (Wildman–Crippen MR) is 81.4 cm³/mol. The van der Waals surface area contributed by atoms with Crippen LogP contribution in [-0.4, -0.2) is 13.2 Å². The molecule has 1 N–H and O–H groups in total. The smallest absolute Gasteiger partial charge is 0.134 e. The van der Waals surface area contributed by atoms with Crippen LogP contribution in [0.2, 0.25) is 0 Å². The maximum Gasteiger partial charge on any atom is 0.134 e. The monoisotopic (exact) mass is 289 g/mol. The Kier molecular flexibility index (Phi) is 5.17. The highest BCUT2D eigenvalue weighted by molar-refractivity contribution is 5.40. The van der Waals surface area contributed by atoms with E-state index in [1.54, 1.807) is 43.5 Å². The Morgan fingerprint density at radius 3 is 2.33 bits per heavy atom. The number of rotatable bonds is 6. The van der Waals surface area contributed by atoms with E-state index in [0.717, 1.165) is 5.75 Å². The van der Waals surface area contributed by atoms with Gasteiger partial charge in [-0.05, 0) is 36.4 Å². The molecular weight excluding hydrogens is 269 g/mol. The fourth-order valence-electron chi connectivity index (χ4n) is 1.88. The molecule has 0 aromatic heterocycles. The quantitative estimate of drug-likeness (QED) is 0.867. The summed E-state index contributed by atoms with van der Waals surface area (Å²) in [4.78, 5) is 0. The zero-order chi connectivity index (χ0) is 15.2. The highest BCUT2D eigenvalue weighted by Gasteiger charge is 2.11. The first-order valence-corrected chi connectivity index (χ1v) is 6.93. The van der Waals surface area contributed by atoms with Crippen LogP contribution in [0.3, 0.4) is 0 Å². The van der Waals surface area contributed by atoms with Gasteiger partial charge < -0.3 is 14.8 Å². The largest absolute Gasteiger partial charge is 0.497 e. The minimum atomic E-state index is -0.269. The Morgan fingerprint density at radius 1 is 1.05 bits per heavy atom. The number of hydrogen-bond donors (Lipinski definition) is 1. The van der Waals surface area contributed by atoms with Gasteiger partial charge in [0.15, 0.2) is 0 Å². The summed E-state index contributed by atoms with van der Waals surface area (Å²) in [6.07, 6.45) is 0. The molecular formula is C17H20FNO2. The minimum absolute atomic E-state index is 0.269. The van der Waals surface area contributed by atoms with E-state index in [2.05, 4.69) is 5.32 Å². The first-order chi connectivity index (χ1) is 10.1. The third-order valence-corrected chi connectivity index (χ3v) is 3.05. The summed E-state index contributed by atoms with van der Waals surface area (Å²) < 4.78 is 24.9. The average molecular weight is 289 g/mol. The molecule has 0 heterocycles. The van der Waals surface area contributed by atoms with E-state index in [-0.39, 0.29) is 11.9 Å². The van der Waals surface area contributed by atoms with Crippen molar-refractivity contribution in [2.45, 2.75) is 26.4 Å². The van der Waals surface area contributed by atoms with E-state index in [4.69, 9.17) is 9.47 Å². The summed E-state index contributed by atoms with van der Waals surface area (Å²) in [5.41, 5.74) is 0.530. The first-order valence-electron chi connectivity index (χ1n) is 6.93. The molecule has 0 unspecified atom stereocenters. The Bertz CT molecular complexity index is 582. The van der Waals surface area contributed by atoms with Crippen LogP contribution in [-0.2, 0) is 6.54 Å². The van der Waals surface area contributed by atoms with Crippen LogP contribution in [0.1, 0.15) is 19.4 Å². The van der Waals surface area contributed by atoms with Crippen LogP contribution in [0.5, 0.6) is 17.2 Å². The van der Waals surface area contributed by atoms with E-state index in [9.17, 15) is 4.39 Å². The maximum atomic E-state index is 14.0. The molecule has 2 aromatic rings. The van der Waals surface area contributed by atoms with Gasteiger partial charge in [0.2, 0.25) is 0 Å². The molecule has 2 aromatic carbocycles.